The second-order valence-electron chi connectivity index (χ2n) is 4.80. The quantitative estimate of drug-likeness (QED) is 0.742. The number of carbonyl (C=O) groups is 3. The minimum absolute atomic E-state index is 0.186. The van der Waals surface area contributed by atoms with Gasteiger partial charge in [-0.3, -0.25) is 15.0 Å². The summed E-state index contributed by atoms with van der Waals surface area (Å²) in [5.41, 5.74) is 5.33. The zero-order valence-electron chi connectivity index (χ0n) is 13.3. The average molecular weight is 330 g/mol. The molecule has 0 aliphatic rings. The van der Waals surface area contributed by atoms with Crippen LogP contribution in [0, 0.1) is 0 Å². The van der Waals surface area contributed by atoms with Crippen LogP contribution in [-0.2, 0) is 11.8 Å². The van der Waals surface area contributed by atoms with Gasteiger partial charge in [0.2, 0.25) is 0 Å². The summed E-state index contributed by atoms with van der Waals surface area (Å²) in [6, 6.07) is 9.88. The van der Waals surface area contributed by atoms with E-state index in [1.165, 1.54) is 6.07 Å². The lowest BCUT2D eigenvalue weighted by molar-refractivity contribution is 0.0913. The number of aromatic nitrogens is 1. The molecule has 0 saturated heterocycles. The van der Waals surface area contributed by atoms with Crippen molar-refractivity contribution in [2.75, 3.05) is 11.9 Å². The third-order valence-electron chi connectivity index (χ3n) is 3.15. The largest absolute Gasteiger partial charge is 0.449 e. The third-order valence-corrected chi connectivity index (χ3v) is 3.15. The van der Waals surface area contributed by atoms with Crippen LogP contribution in [0.5, 0.6) is 0 Å². The maximum absolute atomic E-state index is 12.3. The van der Waals surface area contributed by atoms with Crippen LogP contribution in [-0.4, -0.2) is 29.1 Å². The number of aryl methyl sites for hydroxylation is 1. The van der Waals surface area contributed by atoms with Crippen LogP contribution < -0.4 is 16.2 Å². The molecule has 0 radical (unpaired) electrons. The summed E-state index contributed by atoms with van der Waals surface area (Å²) in [5, 5.41) is 2.68. The van der Waals surface area contributed by atoms with Crippen molar-refractivity contribution in [2.24, 2.45) is 7.05 Å². The van der Waals surface area contributed by atoms with Crippen molar-refractivity contribution in [1.29, 1.82) is 0 Å². The van der Waals surface area contributed by atoms with E-state index < -0.39 is 12.0 Å². The van der Waals surface area contributed by atoms with Gasteiger partial charge in [-0.1, -0.05) is 12.1 Å². The first-order valence-corrected chi connectivity index (χ1v) is 7.27. The number of hydrazine groups is 1. The fraction of sp³-hybridized carbons (Fsp3) is 0.188. The minimum Gasteiger partial charge on any atom is -0.449 e. The molecule has 126 valence electrons. The topological polar surface area (TPSA) is 101 Å². The Morgan fingerprint density at radius 2 is 1.79 bits per heavy atom. The van der Waals surface area contributed by atoms with Crippen LogP contribution in [0.4, 0.5) is 10.5 Å². The molecule has 2 aromatic rings. The molecule has 0 unspecified atom stereocenters. The molecule has 24 heavy (non-hydrogen) atoms. The molecule has 0 aliphatic carbocycles. The molecular formula is C16H18N4O4. The van der Waals surface area contributed by atoms with Crippen molar-refractivity contribution in [3.8, 4) is 0 Å². The van der Waals surface area contributed by atoms with Gasteiger partial charge in [-0.2, -0.15) is 0 Å². The molecule has 0 aliphatic heterocycles. The molecule has 8 nitrogen and oxygen atoms in total. The summed E-state index contributed by atoms with van der Waals surface area (Å²) < 4.78 is 6.31. The highest BCUT2D eigenvalue weighted by Crippen LogP contribution is 2.16. The Morgan fingerprint density at radius 1 is 1.04 bits per heavy atom. The van der Waals surface area contributed by atoms with Gasteiger partial charge in [-0.15, -0.1) is 0 Å². The highest BCUT2D eigenvalue weighted by Gasteiger charge is 2.15. The highest BCUT2D eigenvalue weighted by molar-refractivity contribution is 6.08. The predicted molar refractivity (Wildman–Crippen MR) is 87.4 cm³/mol. The number of hydrogen-bond acceptors (Lipinski definition) is 4. The summed E-state index contributed by atoms with van der Waals surface area (Å²) in [6.07, 6.45) is 0.979. The van der Waals surface area contributed by atoms with Crippen molar-refractivity contribution in [3.63, 3.8) is 0 Å². The number of ether oxygens (including phenoxy) is 1. The second-order valence-corrected chi connectivity index (χ2v) is 4.80. The second kappa shape index (κ2) is 7.82. The van der Waals surface area contributed by atoms with E-state index in [-0.39, 0.29) is 18.1 Å². The predicted octanol–water partition coefficient (Wildman–Crippen LogP) is 1.67. The fourth-order valence-electron chi connectivity index (χ4n) is 2.02. The zero-order chi connectivity index (χ0) is 17.5. The summed E-state index contributed by atoms with van der Waals surface area (Å²) in [5.74, 6) is -0.924. The standard InChI is InChI=1S/C16H18N4O4/c1-3-24-16(23)19-18-14(21)11-7-4-5-8-12(11)17-15(22)13-9-6-10-20(13)2/h4-10H,3H2,1-2H3,(H,17,22)(H,18,21)(H,19,23). The van der Waals surface area contributed by atoms with Gasteiger partial charge in [0.15, 0.2) is 0 Å². The van der Waals surface area contributed by atoms with E-state index in [4.69, 9.17) is 0 Å². The van der Waals surface area contributed by atoms with Gasteiger partial charge in [-0.25, -0.2) is 10.2 Å². The first-order chi connectivity index (χ1) is 11.5. The van der Waals surface area contributed by atoms with Gasteiger partial charge in [0.05, 0.1) is 17.9 Å². The number of carbonyl (C=O) groups excluding carboxylic acids is 3. The lowest BCUT2D eigenvalue weighted by atomic mass is 10.1. The lowest BCUT2D eigenvalue weighted by Gasteiger charge is -2.12. The van der Waals surface area contributed by atoms with E-state index in [1.807, 2.05) is 0 Å². The Hall–Kier alpha value is -3.29. The van der Waals surface area contributed by atoms with E-state index in [1.54, 1.807) is 55.1 Å². The van der Waals surface area contributed by atoms with Gasteiger partial charge in [0.1, 0.15) is 5.69 Å². The van der Waals surface area contributed by atoms with E-state index in [9.17, 15) is 14.4 Å². The molecule has 1 aromatic carbocycles. The van der Waals surface area contributed by atoms with Crippen molar-refractivity contribution >= 4 is 23.6 Å². The summed E-state index contributed by atoms with van der Waals surface area (Å²) in [4.78, 5) is 35.7. The van der Waals surface area contributed by atoms with Gasteiger partial charge in [0, 0.05) is 13.2 Å². The molecule has 3 N–H and O–H groups in total. The Kier molecular flexibility index (Phi) is 5.56. The SMILES string of the molecule is CCOC(=O)NNC(=O)c1ccccc1NC(=O)c1cccn1C. The van der Waals surface area contributed by atoms with Crippen LogP contribution in [0.25, 0.3) is 0 Å². The molecule has 8 heteroatoms. The number of para-hydroxylation sites is 1. The Labute approximate surface area is 138 Å². The number of nitrogens with zero attached hydrogens (tertiary/aromatic N) is 1. The lowest BCUT2D eigenvalue weighted by Crippen LogP contribution is -2.42. The number of amides is 3. The molecule has 0 atom stereocenters. The van der Waals surface area contributed by atoms with Crippen LogP contribution in [0.2, 0.25) is 0 Å². The van der Waals surface area contributed by atoms with Crippen LogP contribution in [0.15, 0.2) is 42.6 Å². The number of nitrogens with one attached hydrogen (secondary N) is 3. The molecule has 1 heterocycles. The monoisotopic (exact) mass is 330 g/mol. The fourth-order valence-corrected chi connectivity index (χ4v) is 2.02. The van der Waals surface area contributed by atoms with E-state index in [2.05, 4.69) is 20.9 Å². The van der Waals surface area contributed by atoms with Crippen LogP contribution in [0.1, 0.15) is 27.8 Å². The minimum atomic E-state index is -0.767. The van der Waals surface area contributed by atoms with Gasteiger partial charge >= 0.3 is 6.09 Å². The number of hydrogen-bond donors (Lipinski definition) is 3. The summed E-state index contributed by atoms with van der Waals surface area (Å²) >= 11 is 0. The normalized spacial score (nSPS) is 9.92. The summed E-state index contributed by atoms with van der Waals surface area (Å²) in [6.45, 7) is 1.83. The average Bonchev–Trinajstić information content (AvgIpc) is 2.99. The van der Waals surface area contributed by atoms with Crippen LogP contribution >= 0.6 is 0 Å². The molecule has 0 fully saturated rings. The number of anilines is 1. The molecule has 0 saturated carbocycles. The molecule has 1 aromatic heterocycles. The maximum atomic E-state index is 12.3. The first kappa shape index (κ1) is 17.1. The number of rotatable bonds is 4. The first-order valence-electron chi connectivity index (χ1n) is 7.27. The Balaban J connectivity index is 2.09. The van der Waals surface area contributed by atoms with Crippen molar-refractivity contribution in [2.45, 2.75) is 6.92 Å². The van der Waals surface area contributed by atoms with E-state index >= 15 is 0 Å². The molecule has 3 amide bonds. The Morgan fingerprint density at radius 3 is 2.46 bits per heavy atom. The number of benzene rings is 1. The van der Waals surface area contributed by atoms with Gasteiger partial charge in [-0.05, 0) is 31.2 Å². The molecular weight excluding hydrogens is 312 g/mol. The molecule has 0 bridgehead atoms. The van der Waals surface area contributed by atoms with Gasteiger partial charge in [0.25, 0.3) is 11.8 Å². The van der Waals surface area contributed by atoms with Crippen molar-refractivity contribution in [1.82, 2.24) is 15.4 Å². The van der Waals surface area contributed by atoms with Gasteiger partial charge < -0.3 is 14.6 Å². The smallest absolute Gasteiger partial charge is 0.426 e. The zero-order valence-corrected chi connectivity index (χ0v) is 13.3. The summed E-state index contributed by atoms with van der Waals surface area (Å²) in [7, 11) is 1.75. The van der Waals surface area contributed by atoms with Crippen molar-refractivity contribution in [3.05, 3.63) is 53.9 Å². The Bertz CT molecular complexity index is 754. The third kappa shape index (κ3) is 4.13. The molecule has 0 spiro atoms. The van der Waals surface area contributed by atoms with Crippen LogP contribution in [0.3, 0.4) is 0 Å². The highest BCUT2D eigenvalue weighted by atomic mass is 16.5. The molecule has 2 rings (SSSR count). The maximum Gasteiger partial charge on any atom is 0.426 e. The van der Waals surface area contributed by atoms with E-state index in [0.29, 0.717) is 11.4 Å². The van der Waals surface area contributed by atoms with E-state index in [0.717, 1.165) is 0 Å². The van der Waals surface area contributed by atoms with Crippen molar-refractivity contribution < 1.29 is 19.1 Å².